The minimum atomic E-state index is -0.298. The van der Waals surface area contributed by atoms with Crippen LogP contribution in [0.2, 0.25) is 0 Å². The number of carbonyl (C=O) groups is 1. The number of benzene rings is 1. The van der Waals surface area contributed by atoms with Crippen molar-refractivity contribution in [1.82, 2.24) is 19.5 Å². The molecule has 1 aromatic carbocycles. The highest BCUT2D eigenvalue weighted by molar-refractivity contribution is 5.82. The number of nitrogens with zero attached hydrogens (tertiary/aromatic N) is 3. The zero-order valence-corrected chi connectivity index (χ0v) is 16.2. The Bertz CT molecular complexity index is 1280. The first-order valence-electron chi connectivity index (χ1n) is 10.0. The summed E-state index contributed by atoms with van der Waals surface area (Å²) in [5.74, 6) is 0.509. The maximum Gasteiger partial charge on any atom is 0.291 e. The zero-order chi connectivity index (χ0) is 20.0. The van der Waals surface area contributed by atoms with Gasteiger partial charge in [0, 0.05) is 18.6 Å². The molecule has 7 heteroatoms. The summed E-state index contributed by atoms with van der Waals surface area (Å²) in [6.45, 7) is 1.87. The van der Waals surface area contributed by atoms with Gasteiger partial charge < -0.3 is 9.73 Å². The third-order valence-electron chi connectivity index (χ3n) is 5.69. The molecule has 3 aromatic heterocycles. The fourth-order valence-corrected chi connectivity index (χ4v) is 4.34. The highest BCUT2D eigenvalue weighted by Crippen LogP contribution is 2.29. The van der Waals surface area contributed by atoms with E-state index < -0.39 is 0 Å². The molecule has 7 nitrogen and oxygen atoms in total. The summed E-state index contributed by atoms with van der Waals surface area (Å²) in [5.41, 5.74) is 4.08. The number of rotatable bonds is 4. The molecule has 29 heavy (non-hydrogen) atoms. The molecule has 1 aliphatic carbocycles. The Kier molecular flexibility index (Phi) is 4.23. The van der Waals surface area contributed by atoms with Crippen LogP contribution in [-0.2, 0) is 24.2 Å². The maximum absolute atomic E-state index is 12.9. The molecule has 4 aromatic rings. The van der Waals surface area contributed by atoms with Gasteiger partial charge in [0.2, 0.25) is 5.91 Å². The van der Waals surface area contributed by atoms with Gasteiger partial charge in [0.15, 0.2) is 5.58 Å². The van der Waals surface area contributed by atoms with E-state index in [9.17, 15) is 9.59 Å². The molecule has 0 fully saturated rings. The lowest BCUT2D eigenvalue weighted by molar-refractivity contribution is -0.122. The number of furan rings is 1. The maximum atomic E-state index is 12.9. The van der Waals surface area contributed by atoms with Crippen LogP contribution in [0.15, 0.2) is 51.9 Å². The first kappa shape index (κ1) is 17.7. The Labute approximate surface area is 166 Å². The van der Waals surface area contributed by atoms with Crippen LogP contribution in [0, 0.1) is 0 Å². The number of hydrogen-bond acceptors (Lipinski definition) is 4. The van der Waals surface area contributed by atoms with E-state index >= 15 is 0 Å². The van der Waals surface area contributed by atoms with Gasteiger partial charge in [-0.1, -0.05) is 31.2 Å². The quantitative estimate of drug-likeness (QED) is 0.581. The fraction of sp³-hybridized carbons (Fsp3) is 0.318. The smallest absolute Gasteiger partial charge is 0.291 e. The van der Waals surface area contributed by atoms with Crippen molar-refractivity contribution in [3.63, 3.8) is 0 Å². The number of aryl methyl sites for hydroxylation is 2. The predicted octanol–water partition coefficient (Wildman–Crippen LogP) is 3.00. The van der Waals surface area contributed by atoms with E-state index in [4.69, 9.17) is 4.42 Å². The molecule has 0 bridgehead atoms. The van der Waals surface area contributed by atoms with Crippen LogP contribution in [0.25, 0.3) is 16.6 Å². The molecule has 0 spiro atoms. The lowest BCUT2D eigenvalue weighted by Gasteiger charge is -2.26. The van der Waals surface area contributed by atoms with Gasteiger partial charge in [-0.25, -0.2) is 4.68 Å². The Balaban J connectivity index is 1.45. The second-order valence-corrected chi connectivity index (χ2v) is 7.48. The summed E-state index contributed by atoms with van der Waals surface area (Å²) in [5, 5.41) is 7.56. The van der Waals surface area contributed by atoms with Gasteiger partial charge in [0.25, 0.3) is 5.56 Å². The van der Waals surface area contributed by atoms with Gasteiger partial charge in [-0.15, -0.1) is 0 Å². The summed E-state index contributed by atoms with van der Waals surface area (Å²) in [6.07, 6.45) is 5.20. The summed E-state index contributed by atoms with van der Waals surface area (Å²) in [7, 11) is 0. The highest BCUT2D eigenvalue weighted by Gasteiger charge is 2.22. The number of amides is 1. The standard InChI is InChI=1S/C22H22N4O3/c1-2-20-24-25(22(28)18-12-19-17(26(18)20)10-11-29-19)13-21(27)23-16-9-5-7-14-6-3-4-8-15(14)16/h3-4,6,8,10-12,16H,2,5,7,9,13H2,1H3,(H,23,27). The largest absolute Gasteiger partial charge is 0.463 e. The van der Waals surface area contributed by atoms with Crippen molar-refractivity contribution >= 4 is 22.5 Å². The van der Waals surface area contributed by atoms with Crippen molar-refractivity contribution in [2.75, 3.05) is 0 Å². The monoisotopic (exact) mass is 390 g/mol. The van der Waals surface area contributed by atoms with E-state index in [1.165, 1.54) is 15.8 Å². The van der Waals surface area contributed by atoms with Crippen LogP contribution < -0.4 is 10.9 Å². The number of carbonyl (C=O) groups excluding carboxylic acids is 1. The first-order chi connectivity index (χ1) is 14.2. The molecule has 0 aliphatic heterocycles. The SMILES string of the molecule is CCc1nn(CC(=O)NC2CCCc3ccccc32)c(=O)c2cc3occc3n12. The number of fused-ring (bicyclic) bond motifs is 4. The second-order valence-electron chi connectivity index (χ2n) is 7.48. The van der Waals surface area contributed by atoms with Crippen LogP contribution in [-0.4, -0.2) is 20.1 Å². The normalized spacial score (nSPS) is 16.2. The third kappa shape index (κ3) is 2.93. The van der Waals surface area contributed by atoms with Gasteiger partial charge in [-0.05, 0) is 30.4 Å². The lowest BCUT2D eigenvalue weighted by atomic mass is 9.88. The Morgan fingerprint density at radius 2 is 2.14 bits per heavy atom. The minimum absolute atomic E-state index is 0.0202. The third-order valence-corrected chi connectivity index (χ3v) is 5.69. The first-order valence-corrected chi connectivity index (χ1v) is 10.0. The van der Waals surface area contributed by atoms with Crippen molar-refractivity contribution in [2.45, 2.75) is 45.2 Å². The topological polar surface area (TPSA) is 81.5 Å². The lowest BCUT2D eigenvalue weighted by Crippen LogP contribution is -2.37. The molecule has 5 rings (SSSR count). The Hall–Kier alpha value is -3.35. The van der Waals surface area contributed by atoms with Gasteiger partial charge >= 0.3 is 0 Å². The molecule has 1 N–H and O–H groups in total. The minimum Gasteiger partial charge on any atom is -0.463 e. The van der Waals surface area contributed by atoms with Gasteiger partial charge in [-0.3, -0.25) is 14.0 Å². The van der Waals surface area contributed by atoms with Crippen molar-refractivity contribution in [1.29, 1.82) is 0 Å². The Morgan fingerprint density at radius 1 is 1.28 bits per heavy atom. The Morgan fingerprint density at radius 3 is 3.00 bits per heavy atom. The number of nitrogens with one attached hydrogen (secondary N) is 1. The van der Waals surface area contributed by atoms with E-state index in [0.29, 0.717) is 23.3 Å². The van der Waals surface area contributed by atoms with Crippen LogP contribution in [0.4, 0.5) is 0 Å². The van der Waals surface area contributed by atoms with Crippen molar-refractivity contribution in [3.8, 4) is 0 Å². The molecule has 1 aliphatic rings. The summed E-state index contributed by atoms with van der Waals surface area (Å²) < 4.78 is 8.51. The number of hydrogen-bond donors (Lipinski definition) is 1. The molecule has 148 valence electrons. The molecule has 0 saturated heterocycles. The molecule has 1 amide bonds. The van der Waals surface area contributed by atoms with E-state index in [-0.39, 0.29) is 24.1 Å². The van der Waals surface area contributed by atoms with Gasteiger partial charge in [0.05, 0.1) is 17.8 Å². The molecular formula is C22H22N4O3. The number of aromatic nitrogens is 3. The van der Waals surface area contributed by atoms with E-state index in [0.717, 1.165) is 24.8 Å². The molecule has 3 heterocycles. The predicted molar refractivity (Wildman–Crippen MR) is 109 cm³/mol. The second kappa shape index (κ2) is 6.92. The van der Waals surface area contributed by atoms with Crippen molar-refractivity contribution < 1.29 is 9.21 Å². The highest BCUT2D eigenvalue weighted by atomic mass is 16.3. The van der Waals surface area contributed by atoms with Crippen molar-refractivity contribution in [3.05, 3.63) is 70.0 Å². The van der Waals surface area contributed by atoms with Crippen LogP contribution in [0.3, 0.4) is 0 Å². The van der Waals surface area contributed by atoms with Gasteiger partial charge in [0.1, 0.15) is 17.9 Å². The fourth-order valence-electron chi connectivity index (χ4n) is 4.34. The molecule has 1 unspecified atom stereocenters. The average Bonchev–Trinajstić information content (AvgIpc) is 3.32. The van der Waals surface area contributed by atoms with Crippen LogP contribution >= 0.6 is 0 Å². The summed E-state index contributed by atoms with van der Waals surface area (Å²) >= 11 is 0. The molecule has 0 saturated carbocycles. The summed E-state index contributed by atoms with van der Waals surface area (Å²) in [4.78, 5) is 25.7. The molecule has 1 atom stereocenters. The summed E-state index contributed by atoms with van der Waals surface area (Å²) in [6, 6.07) is 11.7. The van der Waals surface area contributed by atoms with E-state index in [1.54, 1.807) is 12.3 Å². The average molecular weight is 390 g/mol. The molecule has 0 radical (unpaired) electrons. The van der Waals surface area contributed by atoms with Gasteiger partial charge in [-0.2, -0.15) is 5.10 Å². The van der Waals surface area contributed by atoms with Crippen LogP contribution in [0.5, 0.6) is 0 Å². The zero-order valence-electron chi connectivity index (χ0n) is 16.2. The van der Waals surface area contributed by atoms with Crippen molar-refractivity contribution in [2.24, 2.45) is 0 Å². The van der Waals surface area contributed by atoms with E-state index in [1.807, 2.05) is 29.5 Å². The molecular weight excluding hydrogens is 368 g/mol. The van der Waals surface area contributed by atoms with Crippen LogP contribution in [0.1, 0.15) is 42.8 Å². The van der Waals surface area contributed by atoms with E-state index in [2.05, 4.69) is 22.5 Å².